The Labute approximate surface area is 155 Å². The molecule has 138 valence electrons. The van der Waals surface area contributed by atoms with Gasteiger partial charge in [0.25, 0.3) is 5.91 Å². The molecule has 2 N–H and O–H groups in total. The summed E-state index contributed by atoms with van der Waals surface area (Å²) in [4.78, 5) is 27.8. The number of carbonyl (C=O) groups excluding carboxylic acids is 1. The second kappa shape index (κ2) is 6.79. The molecule has 1 aliphatic carbocycles. The third-order valence-electron chi connectivity index (χ3n) is 5.11. The lowest BCUT2D eigenvalue weighted by atomic mass is 10.1. The number of nitrogens with one attached hydrogen (secondary N) is 1. The number of hydrogen-bond acceptors (Lipinski definition) is 5. The van der Waals surface area contributed by atoms with Crippen molar-refractivity contribution in [3.63, 3.8) is 0 Å². The van der Waals surface area contributed by atoms with E-state index in [0.717, 1.165) is 16.5 Å². The SMILES string of the molecule is Cc1c(C(=O)N[C@H]2CC[C@@H](C(=O)O)C2)nnn1-c1cccc2cnccc12. The molecule has 0 spiro atoms. The van der Waals surface area contributed by atoms with Gasteiger partial charge in [-0.05, 0) is 38.3 Å². The molecule has 0 bridgehead atoms. The van der Waals surface area contributed by atoms with E-state index in [-0.39, 0.29) is 17.6 Å². The first-order valence-electron chi connectivity index (χ1n) is 8.83. The number of pyridine rings is 1. The van der Waals surface area contributed by atoms with Crippen LogP contribution in [0.15, 0.2) is 36.7 Å². The highest BCUT2D eigenvalue weighted by Crippen LogP contribution is 2.26. The molecule has 1 amide bonds. The molecular weight excluding hydrogens is 346 g/mol. The number of aromatic nitrogens is 4. The van der Waals surface area contributed by atoms with Crippen LogP contribution in [0.25, 0.3) is 16.5 Å². The molecule has 1 saturated carbocycles. The van der Waals surface area contributed by atoms with Crippen molar-refractivity contribution in [3.05, 3.63) is 48.0 Å². The topological polar surface area (TPSA) is 110 Å². The molecule has 8 nitrogen and oxygen atoms in total. The molecule has 27 heavy (non-hydrogen) atoms. The monoisotopic (exact) mass is 365 g/mol. The standard InChI is InChI=1S/C19H19N5O3/c1-11-17(18(25)21-14-6-5-12(9-14)19(26)27)22-23-24(11)16-4-2-3-13-10-20-8-7-15(13)16/h2-4,7-8,10,12,14H,5-6,9H2,1H3,(H,21,25)(H,26,27)/t12-,14+/m1/s1. The molecule has 2 atom stereocenters. The Balaban J connectivity index is 1.59. The Morgan fingerprint density at radius 1 is 1.26 bits per heavy atom. The molecule has 1 fully saturated rings. The van der Waals surface area contributed by atoms with Crippen LogP contribution in [-0.4, -0.2) is 43.0 Å². The summed E-state index contributed by atoms with van der Waals surface area (Å²) in [5.41, 5.74) is 1.70. The molecule has 3 aromatic rings. The lowest BCUT2D eigenvalue weighted by Crippen LogP contribution is -2.34. The van der Waals surface area contributed by atoms with Gasteiger partial charge < -0.3 is 10.4 Å². The number of aliphatic carboxylic acids is 1. The van der Waals surface area contributed by atoms with Crippen molar-refractivity contribution in [1.82, 2.24) is 25.3 Å². The number of nitrogens with zero attached hydrogens (tertiary/aromatic N) is 4. The first kappa shape index (κ1) is 17.1. The van der Waals surface area contributed by atoms with Gasteiger partial charge in [0.1, 0.15) is 0 Å². The minimum absolute atomic E-state index is 0.147. The Morgan fingerprint density at radius 3 is 2.89 bits per heavy atom. The number of hydrogen-bond donors (Lipinski definition) is 2. The van der Waals surface area contributed by atoms with Gasteiger partial charge in [-0.3, -0.25) is 14.6 Å². The second-order valence-corrected chi connectivity index (χ2v) is 6.83. The molecule has 0 aliphatic heterocycles. The van der Waals surface area contributed by atoms with Crippen LogP contribution in [-0.2, 0) is 4.79 Å². The van der Waals surface area contributed by atoms with Crippen molar-refractivity contribution in [2.45, 2.75) is 32.2 Å². The number of fused-ring (bicyclic) bond motifs is 1. The van der Waals surface area contributed by atoms with E-state index in [1.54, 1.807) is 24.0 Å². The molecule has 1 aliphatic rings. The minimum Gasteiger partial charge on any atom is -0.481 e. The second-order valence-electron chi connectivity index (χ2n) is 6.83. The lowest BCUT2D eigenvalue weighted by Gasteiger charge is -2.12. The average molecular weight is 365 g/mol. The zero-order valence-electron chi connectivity index (χ0n) is 14.8. The van der Waals surface area contributed by atoms with Gasteiger partial charge in [0.15, 0.2) is 5.69 Å². The Bertz CT molecular complexity index is 1020. The van der Waals surface area contributed by atoms with Gasteiger partial charge in [0.05, 0.1) is 17.3 Å². The molecule has 2 heterocycles. The highest BCUT2D eigenvalue weighted by Gasteiger charge is 2.31. The van der Waals surface area contributed by atoms with E-state index in [1.807, 2.05) is 24.3 Å². The first-order valence-corrected chi connectivity index (χ1v) is 8.83. The van der Waals surface area contributed by atoms with E-state index in [4.69, 9.17) is 5.11 Å². The lowest BCUT2D eigenvalue weighted by molar-refractivity contribution is -0.141. The minimum atomic E-state index is -0.806. The Kier molecular flexibility index (Phi) is 4.31. The number of carbonyl (C=O) groups is 2. The van der Waals surface area contributed by atoms with Crippen molar-refractivity contribution in [2.24, 2.45) is 5.92 Å². The molecular formula is C19H19N5O3. The third-order valence-corrected chi connectivity index (χ3v) is 5.11. The van der Waals surface area contributed by atoms with Crippen LogP contribution in [0.3, 0.4) is 0 Å². The normalized spacial score (nSPS) is 19.3. The molecule has 0 unspecified atom stereocenters. The van der Waals surface area contributed by atoms with E-state index in [1.165, 1.54) is 0 Å². The summed E-state index contributed by atoms with van der Waals surface area (Å²) in [5, 5.41) is 22.2. The summed E-state index contributed by atoms with van der Waals surface area (Å²) in [5.74, 6) is -1.52. The number of carboxylic acid groups (broad SMARTS) is 1. The summed E-state index contributed by atoms with van der Waals surface area (Å²) in [6.07, 6.45) is 5.18. The highest BCUT2D eigenvalue weighted by molar-refractivity contribution is 5.94. The van der Waals surface area contributed by atoms with Crippen molar-refractivity contribution >= 4 is 22.6 Å². The molecule has 0 saturated heterocycles. The van der Waals surface area contributed by atoms with Crippen LogP contribution in [0, 0.1) is 12.8 Å². The van der Waals surface area contributed by atoms with Crippen LogP contribution in [0.2, 0.25) is 0 Å². The number of rotatable bonds is 4. The van der Waals surface area contributed by atoms with E-state index in [2.05, 4.69) is 20.6 Å². The van der Waals surface area contributed by atoms with E-state index in [0.29, 0.717) is 25.0 Å². The summed E-state index contributed by atoms with van der Waals surface area (Å²) < 4.78 is 1.64. The van der Waals surface area contributed by atoms with Gasteiger partial charge in [0.2, 0.25) is 0 Å². The third kappa shape index (κ3) is 3.14. The molecule has 8 heteroatoms. The van der Waals surface area contributed by atoms with Crippen molar-refractivity contribution in [2.75, 3.05) is 0 Å². The van der Waals surface area contributed by atoms with E-state index < -0.39 is 11.9 Å². The maximum absolute atomic E-state index is 12.6. The average Bonchev–Trinajstić information content (AvgIpc) is 3.28. The smallest absolute Gasteiger partial charge is 0.306 e. The zero-order valence-corrected chi connectivity index (χ0v) is 14.8. The Hall–Kier alpha value is -3.29. The van der Waals surface area contributed by atoms with Gasteiger partial charge in [-0.25, -0.2) is 4.68 Å². The van der Waals surface area contributed by atoms with Crippen LogP contribution in [0.4, 0.5) is 0 Å². The quantitative estimate of drug-likeness (QED) is 0.733. The molecule has 0 radical (unpaired) electrons. The molecule has 1 aromatic carbocycles. The summed E-state index contributed by atoms with van der Waals surface area (Å²) in [6.45, 7) is 1.80. The molecule has 4 rings (SSSR count). The van der Waals surface area contributed by atoms with Gasteiger partial charge in [-0.1, -0.05) is 17.3 Å². The molecule has 2 aromatic heterocycles. The first-order chi connectivity index (χ1) is 13.0. The van der Waals surface area contributed by atoms with Gasteiger partial charge in [-0.15, -0.1) is 5.10 Å². The maximum Gasteiger partial charge on any atom is 0.306 e. The fourth-order valence-corrected chi connectivity index (χ4v) is 3.65. The summed E-state index contributed by atoms with van der Waals surface area (Å²) in [6, 6.07) is 7.54. The zero-order chi connectivity index (χ0) is 19.0. The maximum atomic E-state index is 12.6. The van der Waals surface area contributed by atoms with Crippen molar-refractivity contribution in [3.8, 4) is 5.69 Å². The summed E-state index contributed by atoms with van der Waals surface area (Å²) >= 11 is 0. The number of carboxylic acids is 1. The highest BCUT2D eigenvalue weighted by atomic mass is 16.4. The van der Waals surface area contributed by atoms with Crippen molar-refractivity contribution < 1.29 is 14.7 Å². The largest absolute Gasteiger partial charge is 0.481 e. The van der Waals surface area contributed by atoms with E-state index >= 15 is 0 Å². The van der Waals surface area contributed by atoms with Crippen molar-refractivity contribution in [1.29, 1.82) is 0 Å². The van der Waals surface area contributed by atoms with Crippen LogP contribution in [0.5, 0.6) is 0 Å². The number of benzene rings is 1. The van der Waals surface area contributed by atoms with E-state index in [9.17, 15) is 9.59 Å². The van der Waals surface area contributed by atoms with Crippen LogP contribution >= 0.6 is 0 Å². The fraction of sp³-hybridized carbons (Fsp3) is 0.316. The summed E-state index contributed by atoms with van der Waals surface area (Å²) in [7, 11) is 0. The Morgan fingerprint density at radius 2 is 2.11 bits per heavy atom. The number of amides is 1. The fourth-order valence-electron chi connectivity index (χ4n) is 3.65. The van der Waals surface area contributed by atoms with Crippen LogP contribution < -0.4 is 5.32 Å². The van der Waals surface area contributed by atoms with Gasteiger partial charge >= 0.3 is 5.97 Å². The van der Waals surface area contributed by atoms with Gasteiger partial charge in [-0.2, -0.15) is 0 Å². The predicted molar refractivity (Wildman–Crippen MR) is 97.6 cm³/mol. The van der Waals surface area contributed by atoms with Crippen LogP contribution in [0.1, 0.15) is 35.4 Å². The van der Waals surface area contributed by atoms with Gasteiger partial charge in [0, 0.05) is 29.2 Å². The predicted octanol–water partition coefficient (Wildman–Crippen LogP) is 2.11.